The van der Waals surface area contributed by atoms with Crippen molar-refractivity contribution in [3.05, 3.63) is 0 Å². The molecule has 0 fully saturated rings. The molecule has 0 rings (SSSR count). The molecule has 5 nitrogen and oxygen atoms in total. The van der Waals surface area contributed by atoms with Gasteiger partial charge in [0, 0.05) is 6.54 Å². The molecule has 4 N–H and O–H groups in total. The molecule has 102 valence electrons. The highest BCUT2D eigenvalue weighted by atomic mass is 35.5. The molecule has 17 heavy (non-hydrogen) atoms. The maximum absolute atomic E-state index is 11.4. The van der Waals surface area contributed by atoms with E-state index < -0.39 is 6.04 Å². The van der Waals surface area contributed by atoms with Crippen LogP contribution in [0, 0.1) is 5.92 Å². The molecule has 0 spiro atoms. The van der Waals surface area contributed by atoms with Crippen LogP contribution in [0.5, 0.6) is 0 Å². The Morgan fingerprint density at radius 1 is 1.24 bits per heavy atom. The molecule has 0 aliphatic rings. The van der Waals surface area contributed by atoms with E-state index in [-0.39, 0.29) is 30.8 Å². The third-order valence-corrected chi connectivity index (χ3v) is 2.06. The molecule has 0 aromatic rings. The van der Waals surface area contributed by atoms with Crippen molar-refractivity contribution in [1.29, 1.82) is 0 Å². The van der Waals surface area contributed by atoms with Crippen LogP contribution in [0.3, 0.4) is 0 Å². The Hall–Kier alpha value is -0.810. The Labute approximate surface area is 109 Å². The van der Waals surface area contributed by atoms with E-state index in [1.807, 2.05) is 20.8 Å². The second-order valence-electron chi connectivity index (χ2n) is 4.30. The number of carbonyl (C=O) groups excluding carboxylic acids is 2. The lowest BCUT2D eigenvalue weighted by Crippen LogP contribution is -2.45. The number of nitrogens with one attached hydrogen (secondary N) is 2. The molecule has 0 aromatic heterocycles. The second kappa shape index (κ2) is 10.4. The van der Waals surface area contributed by atoms with Crippen molar-refractivity contribution in [3.63, 3.8) is 0 Å². The highest BCUT2D eigenvalue weighted by Gasteiger charge is 2.15. The Bertz CT molecular complexity index is 235. The fourth-order valence-corrected chi connectivity index (χ4v) is 1.24. The van der Waals surface area contributed by atoms with Gasteiger partial charge >= 0.3 is 0 Å². The SMILES string of the molecule is CCCNC(=O)CNC(=O)[C@@H](N)CC(C)C.Cl. The molecule has 0 saturated carbocycles. The number of carbonyl (C=O) groups is 2. The van der Waals surface area contributed by atoms with Crippen LogP contribution in [-0.4, -0.2) is 30.9 Å². The summed E-state index contributed by atoms with van der Waals surface area (Å²) in [6, 6.07) is -0.529. The first-order valence-corrected chi connectivity index (χ1v) is 5.77. The van der Waals surface area contributed by atoms with Gasteiger partial charge in [0.25, 0.3) is 0 Å². The standard InChI is InChI=1S/C11H23N3O2.ClH/c1-4-5-13-10(15)7-14-11(16)9(12)6-8(2)3;/h8-9H,4-7,12H2,1-3H3,(H,13,15)(H,14,16);1H/t9-;/m0./s1. The third kappa shape index (κ3) is 10.1. The number of nitrogens with two attached hydrogens (primary N) is 1. The van der Waals surface area contributed by atoms with Crippen LogP contribution in [0.2, 0.25) is 0 Å². The maximum Gasteiger partial charge on any atom is 0.239 e. The zero-order chi connectivity index (χ0) is 12.6. The summed E-state index contributed by atoms with van der Waals surface area (Å²) in [5.41, 5.74) is 5.66. The van der Waals surface area contributed by atoms with Gasteiger partial charge < -0.3 is 16.4 Å². The molecular formula is C11H24ClN3O2. The number of halogens is 1. The smallest absolute Gasteiger partial charge is 0.239 e. The molecule has 0 unspecified atom stereocenters. The molecule has 2 amide bonds. The minimum absolute atomic E-state index is 0. The normalized spacial score (nSPS) is 11.6. The Kier molecular flexibility index (Phi) is 11.3. The molecular weight excluding hydrogens is 242 g/mol. The summed E-state index contributed by atoms with van der Waals surface area (Å²) in [4.78, 5) is 22.6. The predicted molar refractivity (Wildman–Crippen MR) is 71.0 cm³/mol. The third-order valence-electron chi connectivity index (χ3n) is 2.06. The van der Waals surface area contributed by atoms with E-state index in [0.29, 0.717) is 18.9 Å². The van der Waals surface area contributed by atoms with Gasteiger partial charge in [-0.05, 0) is 18.8 Å². The average Bonchev–Trinajstić information content (AvgIpc) is 2.21. The van der Waals surface area contributed by atoms with Crippen molar-refractivity contribution >= 4 is 24.2 Å². The summed E-state index contributed by atoms with van der Waals surface area (Å²) < 4.78 is 0. The van der Waals surface area contributed by atoms with E-state index in [1.165, 1.54) is 0 Å². The fraction of sp³-hybridized carbons (Fsp3) is 0.818. The van der Waals surface area contributed by atoms with Crippen LogP contribution in [0.25, 0.3) is 0 Å². The lowest BCUT2D eigenvalue weighted by Gasteiger charge is -2.13. The lowest BCUT2D eigenvalue weighted by atomic mass is 10.0. The molecule has 0 aliphatic carbocycles. The van der Waals surface area contributed by atoms with Gasteiger partial charge in [-0.2, -0.15) is 0 Å². The molecule has 0 bridgehead atoms. The van der Waals surface area contributed by atoms with Crippen molar-refractivity contribution < 1.29 is 9.59 Å². The molecule has 0 heterocycles. The van der Waals surface area contributed by atoms with E-state index in [9.17, 15) is 9.59 Å². The van der Waals surface area contributed by atoms with Gasteiger partial charge in [0.15, 0.2) is 0 Å². The molecule has 6 heteroatoms. The van der Waals surface area contributed by atoms with Crippen LogP contribution in [0.1, 0.15) is 33.6 Å². The van der Waals surface area contributed by atoms with Gasteiger partial charge in [0.2, 0.25) is 11.8 Å². The quantitative estimate of drug-likeness (QED) is 0.624. The van der Waals surface area contributed by atoms with Gasteiger partial charge in [-0.1, -0.05) is 20.8 Å². The van der Waals surface area contributed by atoms with Crippen molar-refractivity contribution in [2.75, 3.05) is 13.1 Å². The highest BCUT2D eigenvalue weighted by molar-refractivity contribution is 5.87. The first kappa shape index (κ1) is 18.6. The van der Waals surface area contributed by atoms with Crippen LogP contribution in [0.15, 0.2) is 0 Å². The number of amides is 2. The second-order valence-corrected chi connectivity index (χ2v) is 4.30. The minimum atomic E-state index is -0.529. The van der Waals surface area contributed by atoms with E-state index in [2.05, 4.69) is 10.6 Å². The fourth-order valence-electron chi connectivity index (χ4n) is 1.24. The Balaban J connectivity index is 0. The highest BCUT2D eigenvalue weighted by Crippen LogP contribution is 2.02. The van der Waals surface area contributed by atoms with E-state index in [4.69, 9.17) is 5.73 Å². The summed E-state index contributed by atoms with van der Waals surface area (Å²) in [6.45, 7) is 6.61. The average molecular weight is 266 g/mol. The van der Waals surface area contributed by atoms with Gasteiger partial charge in [0.1, 0.15) is 0 Å². The van der Waals surface area contributed by atoms with Crippen molar-refractivity contribution in [1.82, 2.24) is 10.6 Å². The maximum atomic E-state index is 11.4. The molecule has 0 radical (unpaired) electrons. The monoisotopic (exact) mass is 265 g/mol. The first-order chi connectivity index (χ1) is 7.47. The van der Waals surface area contributed by atoms with Gasteiger partial charge in [-0.15, -0.1) is 12.4 Å². The predicted octanol–water partition coefficient (Wildman–Crippen LogP) is 0.424. The molecule has 0 aliphatic heterocycles. The van der Waals surface area contributed by atoms with Gasteiger partial charge in [-0.3, -0.25) is 9.59 Å². The van der Waals surface area contributed by atoms with Gasteiger partial charge in [-0.25, -0.2) is 0 Å². The zero-order valence-corrected chi connectivity index (χ0v) is 11.6. The zero-order valence-electron chi connectivity index (χ0n) is 10.8. The number of hydrogen-bond acceptors (Lipinski definition) is 3. The topological polar surface area (TPSA) is 84.2 Å². The van der Waals surface area contributed by atoms with Crippen LogP contribution in [-0.2, 0) is 9.59 Å². The van der Waals surface area contributed by atoms with Crippen LogP contribution < -0.4 is 16.4 Å². The number of hydrogen-bond donors (Lipinski definition) is 3. The van der Waals surface area contributed by atoms with E-state index >= 15 is 0 Å². The van der Waals surface area contributed by atoms with Crippen molar-refractivity contribution in [3.8, 4) is 0 Å². The largest absolute Gasteiger partial charge is 0.355 e. The molecule has 1 atom stereocenters. The Morgan fingerprint density at radius 2 is 1.82 bits per heavy atom. The summed E-state index contributed by atoms with van der Waals surface area (Å²) in [5.74, 6) is -0.0676. The van der Waals surface area contributed by atoms with Crippen LogP contribution in [0.4, 0.5) is 0 Å². The summed E-state index contributed by atoms with van der Waals surface area (Å²) in [6.07, 6.45) is 1.51. The Morgan fingerprint density at radius 3 is 2.29 bits per heavy atom. The summed E-state index contributed by atoms with van der Waals surface area (Å²) in [7, 11) is 0. The van der Waals surface area contributed by atoms with E-state index in [1.54, 1.807) is 0 Å². The van der Waals surface area contributed by atoms with Crippen LogP contribution >= 0.6 is 12.4 Å². The molecule has 0 saturated heterocycles. The first-order valence-electron chi connectivity index (χ1n) is 5.77. The minimum Gasteiger partial charge on any atom is -0.355 e. The van der Waals surface area contributed by atoms with Crippen molar-refractivity contribution in [2.45, 2.75) is 39.7 Å². The molecule has 0 aromatic carbocycles. The lowest BCUT2D eigenvalue weighted by molar-refractivity contribution is -0.127. The van der Waals surface area contributed by atoms with E-state index in [0.717, 1.165) is 6.42 Å². The van der Waals surface area contributed by atoms with Gasteiger partial charge in [0.05, 0.1) is 12.6 Å². The summed E-state index contributed by atoms with van der Waals surface area (Å²) >= 11 is 0. The summed E-state index contributed by atoms with van der Waals surface area (Å²) in [5, 5.41) is 5.19. The number of rotatable bonds is 7. The van der Waals surface area contributed by atoms with Crippen molar-refractivity contribution in [2.24, 2.45) is 11.7 Å².